The van der Waals surface area contributed by atoms with Gasteiger partial charge in [-0.1, -0.05) is 12.1 Å². The van der Waals surface area contributed by atoms with Gasteiger partial charge in [0.2, 0.25) is 11.8 Å². The van der Waals surface area contributed by atoms with Gasteiger partial charge in [-0.3, -0.25) is 9.59 Å². The van der Waals surface area contributed by atoms with E-state index in [0.29, 0.717) is 35.7 Å². The lowest BCUT2D eigenvalue weighted by Crippen LogP contribution is -2.47. The largest absolute Gasteiger partial charge is 0.497 e. The minimum Gasteiger partial charge on any atom is -0.497 e. The second kappa shape index (κ2) is 10.4. The number of methoxy groups -OCH3 is 1. The summed E-state index contributed by atoms with van der Waals surface area (Å²) in [6.45, 7) is 2.46. The second-order valence-corrected chi connectivity index (χ2v) is 8.05. The van der Waals surface area contributed by atoms with Gasteiger partial charge in [-0.25, -0.2) is 4.39 Å². The van der Waals surface area contributed by atoms with E-state index in [1.807, 2.05) is 6.92 Å². The van der Waals surface area contributed by atoms with Gasteiger partial charge in [0.25, 0.3) is 0 Å². The monoisotopic (exact) mass is 462 g/mol. The Bertz CT molecular complexity index is 1130. The maximum Gasteiger partial charge on any atom is 0.229 e. The molecular weight excluding hydrogens is 435 g/mol. The van der Waals surface area contributed by atoms with Gasteiger partial charge in [0, 0.05) is 17.8 Å². The van der Waals surface area contributed by atoms with Crippen molar-refractivity contribution in [2.45, 2.75) is 25.8 Å². The number of amides is 2. The summed E-state index contributed by atoms with van der Waals surface area (Å²) in [4.78, 5) is 28.2. The van der Waals surface area contributed by atoms with Crippen molar-refractivity contribution in [3.63, 3.8) is 0 Å². The Morgan fingerprint density at radius 3 is 2.26 bits per heavy atom. The van der Waals surface area contributed by atoms with Crippen molar-refractivity contribution < 1.29 is 23.5 Å². The van der Waals surface area contributed by atoms with Crippen molar-refractivity contribution in [3.05, 3.63) is 84.2 Å². The van der Waals surface area contributed by atoms with E-state index in [2.05, 4.69) is 5.32 Å². The number of nitrogens with zero attached hydrogens (tertiary/aromatic N) is 1. The average Bonchev–Trinajstić information content (AvgIpc) is 2.86. The smallest absolute Gasteiger partial charge is 0.229 e. The summed E-state index contributed by atoms with van der Waals surface area (Å²) in [6.07, 6.45) is 0.613. The molecular formula is C27H27FN2O4. The third-order valence-corrected chi connectivity index (χ3v) is 5.93. The molecule has 0 spiro atoms. The molecule has 3 aromatic rings. The molecule has 7 heteroatoms. The van der Waals surface area contributed by atoms with Gasteiger partial charge in [0.15, 0.2) is 0 Å². The number of piperidine rings is 1. The first-order chi connectivity index (χ1) is 16.5. The van der Waals surface area contributed by atoms with E-state index >= 15 is 0 Å². The predicted molar refractivity (Wildman–Crippen MR) is 129 cm³/mol. The minimum absolute atomic E-state index is 0.0930. The topological polar surface area (TPSA) is 67.9 Å². The third-order valence-electron chi connectivity index (χ3n) is 5.93. The number of halogens is 1. The fraction of sp³-hybridized carbons (Fsp3) is 0.259. The maximum absolute atomic E-state index is 13.7. The lowest BCUT2D eigenvalue weighted by Gasteiger charge is -2.41. The number of nitrogens with one attached hydrogen (secondary N) is 1. The molecule has 1 N–H and O–H groups in total. The van der Waals surface area contributed by atoms with Gasteiger partial charge in [0.1, 0.15) is 17.3 Å². The molecule has 34 heavy (non-hydrogen) atoms. The molecule has 1 aliphatic heterocycles. The molecule has 1 heterocycles. The number of benzene rings is 3. The number of rotatable bonds is 7. The zero-order valence-electron chi connectivity index (χ0n) is 19.2. The van der Waals surface area contributed by atoms with Gasteiger partial charge < -0.3 is 19.7 Å². The van der Waals surface area contributed by atoms with Crippen LogP contribution in [0, 0.1) is 11.7 Å². The van der Waals surface area contributed by atoms with E-state index in [1.165, 1.54) is 12.1 Å². The summed E-state index contributed by atoms with van der Waals surface area (Å²) < 4.78 is 24.4. The van der Waals surface area contributed by atoms with Crippen LogP contribution < -0.4 is 19.7 Å². The van der Waals surface area contributed by atoms with E-state index in [9.17, 15) is 14.0 Å². The lowest BCUT2D eigenvalue weighted by atomic mass is 9.83. The molecule has 1 saturated heterocycles. The first-order valence-electron chi connectivity index (χ1n) is 11.3. The highest BCUT2D eigenvalue weighted by Crippen LogP contribution is 2.41. The summed E-state index contributed by atoms with van der Waals surface area (Å²) in [6, 6.07) is 19.7. The van der Waals surface area contributed by atoms with Crippen LogP contribution in [0.1, 0.15) is 31.4 Å². The van der Waals surface area contributed by atoms with E-state index in [1.54, 1.807) is 72.7 Å². The quantitative estimate of drug-likeness (QED) is 0.514. The van der Waals surface area contributed by atoms with E-state index in [-0.39, 0.29) is 24.1 Å². The zero-order valence-corrected chi connectivity index (χ0v) is 19.2. The van der Waals surface area contributed by atoms with Crippen LogP contribution in [-0.4, -0.2) is 25.5 Å². The number of carbonyl (C=O) groups is 2. The Labute approximate surface area is 198 Å². The van der Waals surface area contributed by atoms with Crippen molar-refractivity contribution in [1.29, 1.82) is 0 Å². The standard InChI is InChI=1S/C27H27FN2O4/c1-3-34-23-12-8-20(9-13-23)29-27(32)24-16-17-25(31)30(21-10-14-22(33-2)15-11-21)26(24)18-4-6-19(28)7-5-18/h4-15,24,26H,3,16-17H2,1-2H3,(H,29,32). The summed E-state index contributed by atoms with van der Waals surface area (Å²) in [5.41, 5.74) is 1.98. The van der Waals surface area contributed by atoms with E-state index in [0.717, 1.165) is 5.75 Å². The van der Waals surface area contributed by atoms with Gasteiger partial charge in [0.05, 0.1) is 25.7 Å². The first kappa shape index (κ1) is 23.3. The third kappa shape index (κ3) is 5.03. The Balaban J connectivity index is 1.67. The van der Waals surface area contributed by atoms with Gasteiger partial charge in [-0.15, -0.1) is 0 Å². The zero-order chi connectivity index (χ0) is 24.1. The molecule has 176 valence electrons. The predicted octanol–water partition coefficient (Wildman–Crippen LogP) is 5.36. The van der Waals surface area contributed by atoms with Gasteiger partial charge >= 0.3 is 0 Å². The summed E-state index contributed by atoms with van der Waals surface area (Å²) in [5, 5.41) is 2.97. The minimum atomic E-state index is -0.585. The van der Waals surface area contributed by atoms with Crippen molar-refractivity contribution in [2.75, 3.05) is 23.9 Å². The molecule has 2 atom stereocenters. The summed E-state index contributed by atoms with van der Waals surface area (Å²) in [5.74, 6) is 0.179. The molecule has 0 radical (unpaired) electrons. The van der Waals surface area contributed by atoms with E-state index < -0.39 is 12.0 Å². The van der Waals surface area contributed by atoms with Gasteiger partial charge in [-0.05, 0) is 79.6 Å². The maximum atomic E-state index is 13.7. The van der Waals surface area contributed by atoms with Crippen LogP contribution in [0.2, 0.25) is 0 Å². The highest BCUT2D eigenvalue weighted by molar-refractivity contribution is 6.00. The van der Waals surface area contributed by atoms with Crippen LogP contribution in [-0.2, 0) is 9.59 Å². The van der Waals surface area contributed by atoms with Crippen LogP contribution in [0.3, 0.4) is 0 Å². The van der Waals surface area contributed by atoms with Crippen molar-refractivity contribution >= 4 is 23.2 Å². The molecule has 0 aliphatic carbocycles. The number of hydrogen-bond acceptors (Lipinski definition) is 4. The molecule has 2 unspecified atom stereocenters. The molecule has 0 saturated carbocycles. The Kier molecular flexibility index (Phi) is 7.11. The van der Waals surface area contributed by atoms with Crippen LogP contribution in [0.4, 0.5) is 15.8 Å². The van der Waals surface area contributed by atoms with Crippen LogP contribution in [0.5, 0.6) is 11.5 Å². The Morgan fingerprint density at radius 2 is 1.65 bits per heavy atom. The fourth-order valence-electron chi connectivity index (χ4n) is 4.29. The molecule has 3 aromatic carbocycles. The SMILES string of the molecule is CCOc1ccc(NC(=O)C2CCC(=O)N(c3ccc(OC)cc3)C2c2ccc(F)cc2)cc1. The van der Waals surface area contributed by atoms with Crippen molar-refractivity contribution in [2.24, 2.45) is 5.92 Å². The van der Waals surface area contributed by atoms with E-state index in [4.69, 9.17) is 9.47 Å². The Morgan fingerprint density at radius 1 is 1.00 bits per heavy atom. The number of anilines is 2. The molecule has 0 aromatic heterocycles. The molecule has 0 bridgehead atoms. The highest BCUT2D eigenvalue weighted by atomic mass is 19.1. The summed E-state index contributed by atoms with van der Waals surface area (Å²) >= 11 is 0. The molecule has 1 aliphatic rings. The first-order valence-corrected chi connectivity index (χ1v) is 11.3. The van der Waals surface area contributed by atoms with Crippen LogP contribution in [0.25, 0.3) is 0 Å². The molecule has 6 nitrogen and oxygen atoms in total. The molecule has 2 amide bonds. The van der Waals surface area contributed by atoms with Crippen molar-refractivity contribution in [3.8, 4) is 11.5 Å². The number of carbonyl (C=O) groups excluding carboxylic acids is 2. The Hall–Kier alpha value is -3.87. The van der Waals surface area contributed by atoms with Crippen LogP contribution >= 0.6 is 0 Å². The van der Waals surface area contributed by atoms with Crippen molar-refractivity contribution in [1.82, 2.24) is 0 Å². The van der Waals surface area contributed by atoms with Crippen LogP contribution in [0.15, 0.2) is 72.8 Å². The average molecular weight is 463 g/mol. The summed E-state index contributed by atoms with van der Waals surface area (Å²) in [7, 11) is 1.57. The number of hydrogen-bond donors (Lipinski definition) is 1. The molecule has 1 fully saturated rings. The lowest BCUT2D eigenvalue weighted by molar-refractivity contribution is -0.125. The highest BCUT2D eigenvalue weighted by Gasteiger charge is 2.41. The second-order valence-electron chi connectivity index (χ2n) is 8.05. The van der Waals surface area contributed by atoms with Gasteiger partial charge in [-0.2, -0.15) is 0 Å². The molecule has 4 rings (SSSR count). The number of ether oxygens (including phenoxy) is 2. The normalized spacial score (nSPS) is 17.9. The fourth-order valence-corrected chi connectivity index (χ4v) is 4.29.